The van der Waals surface area contributed by atoms with E-state index in [9.17, 15) is 9.59 Å². The Labute approximate surface area is 148 Å². The van der Waals surface area contributed by atoms with Gasteiger partial charge in [0.15, 0.2) is 0 Å². The second-order valence-corrected chi connectivity index (χ2v) is 5.83. The van der Waals surface area contributed by atoms with Crippen molar-refractivity contribution in [1.82, 2.24) is 4.90 Å². The van der Waals surface area contributed by atoms with Gasteiger partial charge in [0.25, 0.3) is 0 Å². The predicted octanol–water partition coefficient (Wildman–Crippen LogP) is 3.98. The molecule has 0 atom stereocenters. The molecule has 2 aromatic rings. The number of carbonyl (C=O) groups excluding carboxylic acids is 1. The minimum absolute atomic E-state index is 0.00806. The third-order valence-electron chi connectivity index (χ3n) is 3.80. The van der Waals surface area contributed by atoms with Gasteiger partial charge >= 0.3 is 5.97 Å². The number of amides is 1. The molecule has 0 aliphatic heterocycles. The lowest BCUT2D eigenvalue weighted by atomic mass is 10.1. The molecule has 0 bridgehead atoms. The minimum Gasteiger partial charge on any atom is -0.481 e. The van der Waals surface area contributed by atoms with Crippen LogP contribution in [0.25, 0.3) is 6.08 Å². The molecule has 0 aromatic heterocycles. The summed E-state index contributed by atoms with van der Waals surface area (Å²) in [5, 5.41) is 8.74. The summed E-state index contributed by atoms with van der Waals surface area (Å²) < 4.78 is 0. The highest BCUT2D eigenvalue weighted by molar-refractivity contribution is 5.80. The Hall–Kier alpha value is -2.88. The maximum Gasteiger partial charge on any atom is 0.303 e. The summed E-state index contributed by atoms with van der Waals surface area (Å²) in [5.74, 6) is -0.796. The number of nitrogens with zero attached hydrogens (tertiary/aromatic N) is 1. The number of rotatable bonds is 9. The third-order valence-corrected chi connectivity index (χ3v) is 3.80. The van der Waals surface area contributed by atoms with Crippen LogP contribution in [0.2, 0.25) is 0 Å². The molecule has 1 N–H and O–H groups in total. The van der Waals surface area contributed by atoms with Gasteiger partial charge in [-0.25, -0.2) is 0 Å². The first-order valence-electron chi connectivity index (χ1n) is 8.43. The summed E-state index contributed by atoms with van der Waals surface area (Å²) >= 11 is 0. The van der Waals surface area contributed by atoms with Gasteiger partial charge in [0, 0.05) is 19.2 Å². The summed E-state index contributed by atoms with van der Waals surface area (Å²) in [5.41, 5.74) is 1.99. The SMILES string of the molecule is O=C(O)CCCCN(C=Cc1ccccc1)C(=O)Cc1ccccc1. The van der Waals surface area contributed by atoms with Crippen LogP contribution in [0.5, 0.6) is 0 Å². The van der Waals surface area contributed by atoms with Crippen molar-refractivity contribution in [2.24, 2.45) is 0 Å². The van der Waals surface area contributed by atoms with E-state index < -0.39 is 5.97 Å². The van der Waals surface area contributed by atoms with Crippen LogP contribution < -0.4 is 0 Å². The summed E-state index contributed by atoms with van der Waals surface area (Å²) in [6.45, 7) is 0.516. The Morgan fingerprint density at radius 2 is 1.56 bits per heavy atom. The van der Waals surface area contributed by atoms with Crippen molar-refractivity contribution in [3.63, 3.8) is 0 Å². The van der Waals surface area contributed by atoms with Crippen LogP contribution in [-0.4, -0.2) is 28.4 Å². The van der Waals surface area contributed by atoms with Crippen molar-refractivity contribution < 1.29 is 14.7 Å². The highest BCUT2D eigenvalue weighted by Gasteiger charge is 2.11. The fourth-order valence-electron chi connectivity index (χ4n) is 2.45. The predicted molar refractivity (Wildman–Crippen MR) is 98.8 cm³/mol. The molecule has 130 valence electrons. The Kier molecular flexibility index (Phi) is 7.44. The molecule has 0 fully saturated rings. The second-order valence-electron chi connectivity index (χ2n) is 5.83. The van der Waals surface area contributed by atoms with E-state index in [1.807, 2.05) is 66.7 Å². The van der Waals surface area contributed by atoms with Crippen LogP contribution in [-0.2, 0) is 16.0 Å². The van der Waals surface area contributed by atoms with Gasteiger partial charge in [-0.1, -0.05) is 60.7 Å². The van der Waals surface area contributed by atoms with Crippen LogP contribution in [0.1, 0.15) is 30.4 Å². The zero-order valence-corrected chi connectivity index (χ0v) is 14.2. The van der Waals surface area contributed by atoms with E-state index in [1.165, 1.54) is 0 Å². The molecule has 0 saturated heterocycles. The van der Waals surface area contributed by atoms with Gasteiger partial charge in [-0.05, 0) is 30.0 Å². The number of benzene rings is 2. The van der Waals surface area contributed by atoms with E-state index >= 15 is 0 Å². The monoisotopic (exact) mass is 337 g/mol. The minimum atomic E-state index is -0.804. The van der Waals surface area contributed by atoms with Crippen molar-refractivity contribution in [2.45, 2.75) is 25.7 Å². The third kappa shape index (κ3) is 7.04. The van der Waals surface area contributed by atoms with E-state index in [1.54, 1.807) is 11.1 Å². The first kappa shape index (κ1) is 18.5. The van der Waals surface area contributed by atoms with Gasteiger partial charge in [0.2, 0.25) is 5.91 Å². The summed E-state index contributed by atoms with van der Waals surface area (Å²) in [6.07, 6.45) is 5.37. The number of carboxylic acids is 1. The van der Waals surface area contributed by atoms with Gasteiger partial charge in [-0.3, -0.25) is 9.59 Å². The molecule has 1 amide bonds. The lowest BCUT2D eigenvalue weighted by molar-refractivity contribution is -0.137. The Morgan fingerprint density at radius 3 is 2.20 bits per heavy atom. The van der Waals surface area contributed by atoms with Crippen molar-refractivity contribution in [3.05, 3.63) is 78.0 Å². The average Bonchev–Trinajstić information content (AvgIpc) is 2.62. The molecule has 0 spiro atoms. The molecule has 0 radical (unpaired) electrons. The number of unbranched alkanes of at least 4 members (excludes halogenated alkanes) is 1. The quantitative estimate of drug-likeness (QED) is 0.704. The molecular formula is C21H23NO3. The summed E-state index contributed by atoms with van der Waals surface area (Å²) in [4.78, 5) is 24.9. The smallest absolute Gasteiger partial charge is 0.303 e. The van der Waals surface area contributed by atoms with Gasteiger partial charge in [0.1, 0.15) is 0 Å². The van der Waals surface area contributed by atoms with Crippen molar-refractivity contribution in [1.29, 1.82) is 0 Å². The maximum absolute atomic E-state index is 12.6. The van der Waals surface area contributed by atoms with E-state index in [0.717, 1.165) is 11.1 Å². The number of hydrogen-bond donors (Lipinski definition) is 1. The second kappa shape index (κ2) is 10.1. The lowest BCUT2D eigenvalue weighted by Gasteiger charge is -2.18. The Balaban J connectivity index is 2.01. The zero-order valence-electron chi connectivity index (χ0n) is 14.2. The molecule has 0 saturated carbocycles. The summed E-state index contributed by atoms with van der Waals surface area (Å²) in [6, 6.07) is 19.4. The van der Waals surface area contributed by atoms with Gasteiger partial charge in [-0.15, -0.1) is 0 Å². The van der Waals surface area contributed by atoms with Crippen molar-refractivity contribution in [3.8, 4) is 0 Å². The molecule has 0 heterocycles. The van der Waals surface area contributed by atoms with E-state index in [-0.39, 0.29) is 12.3 Å². The molecule has 2 aromatic carbocycles. The molecule has 4 nitrogen and oxygen atoms in total. The fourth-order valence-corrected chi connectivity index (χ4v) is 2.45. The average molecular weight is 337 g/mol. The van der Waals surface area contributed by atoms with Crippen LogP contribution in [0.3, 0.4) is 0 Å². The molecule has 0 unspecified atom stereocenters. The number of aliphatic carboxylic acids is 1. The topological polar surface area (TPSA) is 57.6 Å². The normalized spacial score (nSPS) is 10.7. The summed E-state index contributed by atoms with van der Waals surface area (Å²) in [7, 11) is 0. The first-order valence-corrected chi connectivity index (χ1v) is 8.43. The van der Waals surface area contributed by atoms with Crippen LogP contribution in [0.15, 0.2) is 66.9 Å². The van der Waals surface area contributed by atoms with E-state index in [0.29, 0.717) is 25.8 Å². The van der Waals surface area contributed by atoms with Gasteiger partial charge in [0.05, 0.1) is 6.42 Å². The molecule has 25 heavy (non-hydrogen) atoms. The molecule has 2 rings (SSSR count). The van der Waals surface area contributed by atoms with Crippen molar-refractivity contribution >= 4 is 18.0 Å². The van der Waals surface area contributed by atoms with Gasteiger partial charge in [-0.2, -0.15) is 0 Å². The lowest BCUT2D eigenvalue weighted by Crippen LogP contribution is -2.28. The number of carboxylic acid groups (broad SMARTS) is 1. The van der Waals surface area contributed by atoms with Crippen molar-refractivity contribution in [2.75, 3.05) is 6.54 Å². The first-order chi connectivity index (χ1) is 12.1. The zero-order chi connectivity index (χ0) is 17.9. The molecule has 4 heteroatoms. The van der Waals surface area contributed by atoms with Gasteiger partial charge < -0.3 is 10.0 Å². The van der Waals surface area contributed by atoms with Crippen LogP contribution >= 0.6 is 0 Å². The Bertz CT molecular complexity index is 696. The van der Waals surface area contributed by atoms with Crippen LogP contribution in [0.4, 0.5) is 0 Å². The molecule has 0 aliphatic carbocycles. The molecule has 0 aliphatic rings. The largest absolute Gasteiger partial charge is 0.481 e. The molecular weight excluding hydrogens is 314 g/mol. The van der Waals surface area contributed by atoms with E-state index in [2.05, 4.69) is 0 Å². The number of carbonyl (C=O) groups is 2. The fraction of sp³-hybridized carbons (Fsp3) is 0.238. The number of hydrogen-bond acceptors (Lipinski definition) is 2. The van der Waals surface area contributed by atoms with E-state index in [4.69, 9.17) is 5.11 Å². The maximum atomic E-state index is 12.6. The standard InChI is InChI=1S/C21H23NO3/c23-20(17-19-11-5-2-6-12-19)22(15-8-7-13-21(24)25)16-14-18-9-3-1-4-10-18/h1-6,9-12,14,16H,7-8,13,15,17H2,(H,24,25). The van der Waals surface area contributed by atoms with Crippen LogP contribution in [0, 0.1) is 0 Å². The highest BCUT2D eigenvalue weighted by Crippen LogP contribution is 2.09. The Morgan fingerprint density at radius 1 is 0.920 bits per heavy atom. The highest BCUT2D eigenvalue weighted by atomic mass is 16.4.